The first-order valence-corrected chi connectivity index (χ1v) is 7.39. The lowest BCUT2D eigenvalue weighted by Gasteiger charge is -2.43. The molecular formula is C15H14N6O4. The summed E-state index contributed by atoms with van der Waals surface area (Å²) in [5, 5.41) is 37.3. The molecule has 0 radical (unpaired) electrons. The van der Waals surface area contributed by atoms with Crippen molar-refractivity contribution in [1.29, 1.82) is 5.26 Å². The Bertz CT molecular complexity index is 856. The first kappa shape index (κ1) is 16.5. The van der Waals surface area contributed by atoms with Crippen molar-refractivity contribution in [2.45, 2.75) is 24.6 Å². The summed E-state index contributed by atoms with van der Waals surface area (Å²) in [7, 11) is 0. The Morgan fingerprint density at radius 2 is 2.12 bits per heavy atom. The van der Waals surface area contributed by atoms with Crippen LogP contribution in [0.25, 0.3) is 0 Å². The second-order valence-electron chi connectivity index (χ2n) is 5.91. The summed E-state index contributed by atoms with van der Waals surface area (Å²) in [6, 6.07) is 9.70. The number of hydrogen-bond acceptors (Lipinski definition) is 7. The number of benzene rings is 1. The number of nitrogens with one attached hydrogen (secondary N) is 1. The first-order valence-electron chi connectivity index (χ1n) is 7.39. The molecule has 1 amide bonds. The van der Waals surface area contributed by atoms with Crippen LogP contribution in [0.15, 0.2) is 36.7 Å². The molecule has 2 aromatic rings. The van der Waals surface area contributed by atoms with E-state index < -0.39 is 40.4 Å². The van der Waals surface area contributed by atoms with Crippen molar-refractivity contribution in [3.05, 3.63) is 52.3 Å². The number of nitriles is 1. The largest absolute Gasteiger partial charge is 0.490 e. The molecule has 0 aliphatic carbocycles. The van der Waals surface area contributed by atoms with E-state index in [2.05, 4.69) is 15.4 Å². The Kier molecular flexibility index (Phi) is 3.94. The molecule has 4 atom stereocenters. The lowest BCUT2D eigenvalue weighted by Crippen LogP contribution is -2.61. The van der Waals surface area contributed by atoms with Gasteiger partial charge < -0.3 is 20.5 Å². The molecule has 1 aliphatic heterocycles. The van der Waals surface area contributed by atoms with E-state index in [0.717, 1.165) is 11.0 Å². The number of aromatic nitrogens is 3. The van der Waals surface area contributed by atoms with E-state index in [0.29, 0.717) is 5.56 Å². The lowest BCUT2D eigenvalue weighted by atomic mass is 9.74. The number of carbonyl (C=O) groups excluding carboxylic acids is 1. The van der Waals surface area contributed by atoms with Gasteiger partial charge in [-0.2, -0.15) is 9.94 Å². The van der Waals surface area contributed by atoms with Gasteiger partial charge in [0.1, 0.15) is 12.0 Å². The fourth-order valence-electron chi connectivity index (χ4n) is 3.19. The van der Waals surface area contributed by atoms with Crippen molar-refractivity contribution >= 4 is 11.9 Å². The summed E-state index contributed by atoms with van der Waals surface area (Å²) in [6.07, 6.45) is 1.11. The molecule has 1 fully saturated rings. The number of carbonyl (C=O) groups is 1. The van der Waals surface area contributed by atoms with E-state index in [-0.39, 0.29) is 0 Å². The van der Waals surface area contributed by atoms with E-state index in [1.165, 1.54) is 6.92 Å². The number of nitrogens with zero attached hydrogens (tertiary/aromatic N) is 5. The Labute approximate surface area is 141 Å². The van der Waals surface area contributed by atoms with Crippen molar-refractivity contribution in [3.63, 3.8) is 0 Å². The van der Waals surface area contributed by atoms with E-state index in [4.69, 9.17) is 0 Å². The minimum absolute atomic E-state index is 0.618. The minimum Gasteiger partial charge on any atom is -0.390 e. The van der Waals surface area contributed by atoms with E-state index in [1.54, 1.807) is 30.3 Å². The summed E-state index contributed by atoms with van der Waals surface area (Å²) in [4.78, 5) is 26.0. The van der Waals surface area contributed by atoms with Crippen molar-refractivity contribution in [2.24, 2.45) is 5.92 Å². The highest BCUT2D eigenvalue weighted by atomic mass is 16.6. The molecule has 128 valence electrons. The summed E-state index contributed by atoms with van der Waals surface area (Å²) < 4.78 is 1.12. The third-order valence-electron chi connectivity index (χ3n) is 4.20. The predicted molar refractivity (Wildman–Crippen MR) is 82.8 cm³/mol. The summed E-state index contributed by atoms with van der Waals surface area (Å²) in [6.45, 7) is 1.35. The van der Waals surface area contributed by atoms with Crippen molar-refractivity contribution in [2.75, 3.05) is 0 Å². The number of nitro groups is 1. The predicted octanol–water partition coefficient (Wildman–Crippen LogP) is 0.489. The zero-order valence-corrected chi connectivity index (χ0v) is 13.1. The second-order valence-corrected chi connectivity index (χ2v) is 5.91. The van der Waals surface area contributed by atoms with Crippen molar-refractivity contribution in [1.82, 2.24) is 20.1 Å². The average molecular weight is 342 g/mol. The molecule has 2 N–H and O–H groups in total. The molecule has 0 bridgehead atoms. The van der Waals surface area contributed by atoms with Crippen LogP contribution in [0.5, 0.6) is 0 Å². The zero-order valence-electron chi connectivity index (χ0n) is 13.1. The molecular weight excluding hydrogens is 328 g/mol. The van der Waals surface area contributed by atoms with Crippen molar-refractivity contribution in [3.8, 4) is 6.07 Å². The molecule has 25 heavy (non-hydrogen) atoms. The minimum atomic E-state index is -1.79. The zero-order chi connectivity index (χ0) is 18.2. The highest BCUT2D eigenvalue weighted by molar-refractivity contribution is 5.84. The van der Waals surface area contributed by atoms with Crippen LogP contribution in [0.2, 0.25) is 0 Å². The maximum atomic E-state index is 12.3. The molecule has 1 aliphatic rings. The molecule has 10 heteroatoms. The Hall–Kier alpha value is -3.32. The normalized spacial score (nSPS) is 28.8. The second kappa shape index (κ2) is 5.95. The van der Waals surface area contributed by atoms with Gasteiger partial charge in [0.2, 0.25) is 12.2 Å². The van der Waals surface area contributed by atoms with Gasteiger partial charge in [0.05, 0.1) is 6.07 Å². The van der Waals surface area contributed by atoms with Crippen LogP contribution in [-0.4, -0.2) is 36.4 Å². The van der Waals surface area contributed by atoms with Crippen LogP contribution in [0.4, 0.5) is 5.95 Å². The van der Waals surface area contributed by atoms with Gasteiger partial charge >= 0.3 is 5.95 Å². The highest BCUT2D eigenvalue weighted by Gasteiger charge is 2.53. The van der Waals surface area contributed by atoms with Gasteiger partial charge in [0.15, 0.2) is 5.72 Å². The van der Waals surface area contributed by atoms with Crippen LogP contribution in [0.3, 0.4) is 0 Å². The molecule has 3 rings (SSSR count). The third-order valence-corrected chi connectivity index (χ3v) is 4.20. The highest BCUT2D eigenvalue weighted by Crippen LogP contribution is 2.44. The summed E-state index contributed by atoms with van der Waals surface area (Å²) in [5.74, 6) is -3.12. The molecule has 10 nitrogen and oxygen atoms in total. The molecule has 0 spiro atoms. The number of amides is 1. The average Bonchev–Trinajstić information content (AvgIpc) is 3.04. The van der Waals surface area contributed by atoms with Crippen LogP contribution < -0.4 is 5.32 Å². The van der Waals surface area contributed by atoms with Crippen LogP contribution in [0, 0.1) is 27.4 Å². The van der Waals surface area contributed by atoms with Gasteiger partial charge in [0.25, 0.3) is 0 Å². The summed E-state index contributed by atoms with van der Waals surface area (Å²) >= 11 is 0. The van der Waals surface area contributed by atoms with E-state index in [1.807, 2.05) is 6.07 Å². The van der Waals surface area contributed by atoms with Crippen LogP contribution in [-0.2, 0) is 4.79 Å². The van der Waals surface area contributed by atoms with Crippen molar-refractivity contribution < 1.29 is 14.8 Å². The Morgan fingerprint density at radius 1 is 1.44 bits per heavy atom. The fourth-order valence-corrected chi connectivity index (χ4v) is 3.19. The quantitative estimate of drug-likeness (QED) is 0.609. The van der Waals surface area contributed by atoms with Gasteiger partial charge in [-0.1, -0.05) is 35.3 Å². The van der Waals surface area contributed by atoms with E-state index in [9.17, 15) is 25.3 Å². The number of piperidine rings is 1. The van der Waals surface area contributed by atoms with Gasteiger partial charge in [-0.3, -0.25) is 4.79 Å². The van der Waals surface area contributed by atoms with Gasteiger partial charge in [-0.05, 0) is 17.4 Å². The lowest BCUT2D eigenvalue weighted by molar-refractivity contribution is -0.394. The molecule has 0 unspecified atom stereocenters. The smallest absolute Gasteiger partial charge is 0.390 e. The number of aliphatic hydroxyl groups is 1. The molecule has 1 aromatic heterocycles. The third kappa shape index (κ3) is 2.81. The van der Waals surface area contributed by atoms with Crippen LogP contribution >= 0.6 is 0 Å². The van der Waals surface area contributed by atoms with Crippen LogP contribution in [0.1, 0.15) is 24.4 Å². The number of rotatable bonds is 3. The van der Waals surface area contributed by atoms with E-state index >= 15 is 0 Å². The first-order chi connectivity index (χ1) is 11.8. The SMILES string of the molecule is C[C@]1(O)NC(=O)[C@H](C#N)[C@@H](c2ccccc2)[C@@H]1n1cnc([N+](=O)[O-])n1. The van der Waals surface area contributed by atoms with Gasteiger partial charge in [0, 0.05) is 11.0 Å². The maximum Gasteiger partial charge on any atom is 0.490 e. The maximum absolute atomic E-state index is 12.3. The fraction of sp³-hybridized carbons (Fsp3) is 0.333. The Morgan fingerprint density at radius 3 is 2.68 bits per heavy atom. The van der Waals surface area contributed by atoms with Gasteiger partial charge in [-0.15, -0.1) is 0 Å². The Balaban J connectivity index is 2.16. The standard InChI is InChI=1S/C15H14N6O4/c1-15(23)12(20-8-17-14(19-20)21(24)25)11(9-5-3-2-4-6-9)10(7-16)13(22)18-15/h2-6,8,10-12,23H,1H3,(H,18,22)/t10-,11-,12+,15-/m1/s1. The summed E-state index contributed by atoms with van der Waals surface area (Å²) in [5.41, 5.74) is -1.15. The topological polar surface area (TPSA) is 147 Å². The number of hydrogen-bond donors (Lipinski definition) is 2. The molecule has 0 saturated carbocycles. The monoisotopic (exact) mass is 342 g/mol. The molecule has 1 saturated heterocycles. The molecule has 2 heterocycles. The molecule has 1 aromatic carbocycles. The van der Waals surface area contributed by atoms with Gasteiger partial charge in [-0.25, -0.2) is 0 Å².